The fraction of sp³-hybridized carbons (Fsp3) is 0.182. The van der Waals surface area contributed by atoms with Gasteiger partial charge in [-0.3, -0.25) is 4.79 Å². The Hall–Kier alpha value is -2.15. The van der Waals surface area contributed by atoms with Gasteiger partial charge in [0.2, 0.25) is 0 Å². The maximum atomic E-state index is 11.5. The lowest BCUT2D eigenvalue weighted by Gasteiger charge is -2.07. The maximum Gasteiger partial charge on any atom is 0.272 e. The molecular weight excluding hydrogens is 252 g/mol. The van der Waals surface area contributed by atoms with E-state index in [9.17, 15) is 4.79 Å². The van der Waals surface area contributed by atoms with E-state index in [1.54, 1.807) is 12.1 Å². The second-order valence-corrected chi connectivity index (χ2v) is 4.03. The molecule has 7 heteroatoms. The summed E-state index contributed by atoms with van der Waals surface area (Å²) in [6.07, 6.45) is 1.43. The van der Waals surface area contributed by atoms with Gasteiger partial charge >= 0.3 is 0 Å². The van der Waals surface area contributed by atoms with Crippen molar-refractivity contribution < 1.29 is 9.53 Å². The minimum atomic E-state index is -0.250. The average Bonchev–Trinajstić information content (AvgIpc) is 2.88. The summed E-state index contributed by atoms with van der Waals surface area (Å²) >= 11 is 1.000. The second-order valence-electron chi connectivity index (χ2n) is 3.47. The molecule has 1 amide bonds. The summed E-state index contributed by atoms with van der Waals surface area (Å²) < 4.78 is 13.0. The number of nitrogen functional groups attached to an aromatic ring is 1. The van der Waals surface area contributed by atoms with Crippen LogP contribution in [0.2, 0.25) is 0 Å². The highest BCUT2D eigenvalue weighted by Gasteiger charge is 2.07. The molecule has 1 heterocycles. The van der Waals surface area contributed by atoms with Gasteiger partial charge in [0.05, 0.1) is 24.5 Å². The lowest BCUT2D eigenvalue weighted by molar-refractivity contribution is 0.0943. The molecule has 0 spiro atoms. The molecule has 0 atom stereocenters. The van der Waals surface area contributed by atoms with Gasteiger partial charge in [0.25, 0.3) is 5.91 Å². The van der Waals surface area contributed by atoms with Crippen LogP contribution in [0.3, 0.4) is 0 Å². The molecule has 94 valence electrons. The molecule has 1 aromatic heterocycles. The molecule has 0 saturated heterocycles. The van der Waals surface area contributed by atoms with Gasteiger partial charge in [-0.1, -0.05) is 6.07 Å². The lowest BCUT2D eigenvalue weighted by Crippen LogP contribution is -2.28. The van der Waals surface area contributed by atoms with Gasteiger partial charge in [0.1, 0.15) is 12.4 Å². The minimum absolute atomic E-state index is 0.250. The van der Waals surface area contributed by atoms with Gasteiger partial charge in [-0.15, -0.1) is 0 Å². The number of aromatic nitrogens is 2. The number of anilines is 1. The molecule has 0 aliphatic rings. The van der Waals surface area contributed by atoms with E-state index in [0.717, 1.165) is 11.7 Å². The quantitative estimate of drug-likeness (QED) is 0.619. The van der Waals surface area contributed by atoms with Crippen molar-refractivity contribution in [2.45, 2.75) is 0 Å². The van der Waals surface area contributed by atoms with E-state index in [2.05, 4.69) is 14.1 Å². The molecule has 0 fully saturated rings. The van der Waals surface area contributed by atoms with Gasteiger partial charge in [0, 0.05) is 11.8 Å². The Balaban J connectivity index is 1.72. The molecule has 0 radical (unpaired) electrons. The first kappa shape index (κ1) is 12.3. The summed E-state index contributed by atoms with van der Waals surface area (Å²) in [5, 5.41) is 2.68. The number of nitrogens with zero attached hydrogens (tertiary/aromatic N) is 2. The molecule has 2 aromatic rings. The summed E-state index contributed by atoms with van der Waals surface area (Å²) in [5.74, 6) is 0.430. The molecule has 0 saturated carbocycles. The van der Waals surface area contributed by atoms with Crippen LogP contribution in [-0.2, 0) is 0 Å². The monoisotopic (exact) mass is 264 g/mol. The van der Waals surface area contributed by atoms with E-state index >= 15 is 0 Å². The topological polar surface area (TPSA) is 90.1 Å². The molecule has 0 aliphatic carbocycles. The number of nitrogens with one attached hydrogen (secondary N) is 1. The Morgan fingerprint density at radius 1 is 1.50 bits per heavy atom. The summed E-state index contributed by atoms with van der Waals surface area (Å²) in [4.78, 5) is 11.5. The highest BCUT2D eigenvalue weighted by Crippen LogP contribution is 2.13. The van der Waals surface area contributed by atoms with Crippen LogP contribution in [0.4, 0.5) is 5.69 Å². The zero-order valence-corrected chi connectivity index (χ0v) is 10.3. The Morgan fingerprint density at radius 2 is 2.39 bits per heavy atom. The van der Waals surface area contributed by atoms with Crippen molar-refractivity contribution in [3.63, 3.8) is 0 Å². The standard InChI is InChI=1S/C11H12N4O2S/c12-8-2-1-3-9(6-8)17-5-4-13-11(16)10-7-14-18-15-10/h1-3,6-7H,4-5,12H2,(H,13,16). The van der Waals surface area contributed by atoms with Gasteiger partial charge in [-0.25, -0.2) is 0 Å². The average molecular weight is 264 g/mol. The van der Waals surface area contributed by atoms with Crippen LogP contribution >= 0.6 is 11.7 Å². The first-order valence-corrected chi connectivity index (χ1v) is 6.03. The maximum absolute atomic E-state index is 11.5. The summed E-state index contributed by atoms with van der Waals surface area (Å²) in [6, 6.07) is 7.13. The van der Waals surface area contributed by atoms with Crippen LogP contribution < -0.4 is 15.8 Å². The number of hydrogen-bond acceptors (Lipinski definition) is 6. The van der Waals surface area contributed by atoms with Crippen LogP contribution in [0, 0.1) is 0 Å². The third kappa shape index (κ3) is 3.42. The molecule has 18 heavy (non-hydrogen) atoms. The first-order chi connectivity index (χ1) is 8.75. The predicted octanol–water partition coefficient (Wildman–Crippen LogP) is 0.929. The van der Waals surface area contributed by atoms with E-state index in [4.69, 9.17) is 10.5 Å². The Morgan fingerprint density at radius 3 is 3.11 bits per heavy atom. The Kier molecular flexibility index (Phi) is 4.08. The van der Waals surface area contributed by atoms with E-state index in [1.807, 2.05) is 12.1 Å². The first-order valence-electron chi connectivity index (χ1n) is 5.30. The van der Waals surface area contributed by atoms with Crippen LogP contribution in [0.5, 0.6) is 5.75 Å². The smallest absolute Gasteiger partial charge is 0.272 e. The highest BCUT2D eigenvalue weighted by molar-refractivity contribution is 6.99. The zero-order chi connectivity index (χ0) is 12.8. The Bertz CT molecular complexity index is 516. The number of carbonyl (C=O) groups excluding carboxylic acids is 1. The van der Waals surface area contributed by atoms with Gasteiger partial charge in [-0.2, -0.15) is 8.75 Å². The van der Waals surface area contributed by atoms with E-state index in [0.29, 0.717) is 30.3 Å². The van der Waals surface area contributed by atoms with Crippen molar-refractivity contribution >= 4 is 23.3 Å². The van der Waals surface area contributed by atoms with E-state index in [-0.39, 0.29) is 5.91 Å². The summed E-state index contributed by atoms with van der Waals surface area (Å²) in [6.45, 7) is 0.762. The van der Waals surface area contributed by atoms with Crippen molar-refractivity contribution in [2.75, 3.05) is 18.9 Å². The van der Waals surface area contributed by atoms with Gasteiger partial charge < -0.3 is 15.8 Å². The number of hydrogen-bond donors (Lipinski definition) is 2. The molecular formula is C11H12N4O2S. The van der Waals surface area contributed by atoms with Crippen LogP contribution in [0.15, 0.2) is 30.5 Å². The number of ether oxygens (including phenoxy) is 1. The summed E-state index contributed by atoms with van der Waals surface area (Å²) in [7, 11) is 0. The van der Waals surface area contributed by atoms with Crippen molar-refractivity contribution in [1.82, 2.24) is 14.1 Å². The molecule has 3 N–H and O–H groups in total. The lowest BCUT2D eigenvalue weighted by atomic mass is 10.3. The van der Waals surface area contributed by atoms with Gasteiger partial charge in [-0.05, 0) is 12.1 Å². The largest absolute Gasteiger partial charge is 0.492 e. The highest BCUT2D eigenvalue weighted by atomic mass is 32.1. The fourth-order valence-electron chi connectivity index (χ4n) is 1.29. The zero-order valence-electron chi connectivity index (χ0n) is 9.50. The van der Waals surface area contributed by atoms with Crippen LogP contribution in [0.1, 0.15) is 10.5 Å². The third-order valence-corrected chi connectivity index (χ3v) is 2.59. The number of carbonyl (C=O) groups is 1. The molecule has 1 aromatic carbocycles. The Labute approximate surface area is 108 Å². The number of nitrogens with two attached hydrogens (primary N) is 1. The minimum Gasteiger partial charge on any atom is -0.492 e. The SMILES string of the molecule is Nc1cccc(OCCNC(=O)c2cnsn2)c1. The van der Waals surface area contributed by atoms with Crippen LogP contribution in [0.25, 0.3) is 0 Å². The van der Waals surface area contributed by atoms with E-state index in [1.165, 1.54) is 6.20 Å². The van der Waals surface area contributed by atoms with Crippen molar-refractivity contribution in [1.29, 1.82) is 0 Å². The number of rotatable bonds is 5. The van der Waals surface area contributed by atoms with Crippen molar-refractivity contribution in [3.05, 3.63) is 36.2 Å². The normalized spacial score (nSPS) is 10.0. The number of benzene rings is 1. The van der Waals surface area contributed by atoms with Gasteiger partial charge in [0.15, 0.2) is 5.69 Å². The third-order valence-electron chi connectivity index (χ3n) is 2.11. The second kappa shape index (κ2) is 5.97. The molecule has 2 rings (SSSR count). The molecule has 0 bridgehead atoms. The fourth-order valence-corrected chi connectivity index (χ4v) is 1.71. The van der Waals surface area contributed by atoms with Crippen LogP contribution in [-0.4, -0.2) is 27.8 Å². The van der Waals surface area contributed by atoms with Crippen molar-refractivity contribution in [2.24, 2.45) is 0 Å². The summed E-state index contributed by atoms with van der Waals surface area (Å²) in [5.41, 5.74) is 6.58. The molecule has 6 nitrogen and oxygen atoms in total. The van der Waals surface area contributed by atoms with E-state index < -0.39 is 0 Å². The molecule has 0 unspecified atom stereocenters. The molecule has 0 aliphatic heterocycles. The number of amides is 1. The van der Waals surface area contributed by atoms with Crippen molar-refractivity contribution in [3.8, 4) is 5.75 Å². The predicted molar refractivity (Wildman–Crippen MR) is 68.6 cm³/mol.